The highest BCUT2D eigenvalue weighted by atomic mass is 79.9. The molecule has 2 amide bonds. The highest BCUT2D eigenvalue weighted by Gasteiger charge is 2.01. The van der Waals surface area contributed by atoms with Gasteiger partial charge < -0.3 is 20.5 Å². The van der Waals surface area contributed by atoms with Crippen LogP contribution >= 0.6 is 15.9 Å². The minimum atomic E-state index is -0.866. The van der Waals surface area contributed by atoms with E-state index in [1.165, 1.54) is 0 Å². The summed E-state index contributed by atoms with van der Waals surface area (Å²) in [5, 5.41) is 13.6. The third-order valence-electron chi connectivity index (χ3n) is 2.32. The number of carbonyl (C=O) groups is 2. The summed E-state index contributed by atoms with van der Waals surface area (Å²) in [5.74, 6) is -0.132. The summed E-state index contributed by atoms with van der Waals surface area (Å²) in [7, 11) is 0. The third-order valence-corrected chi connectivity index (χ3v) is 2.85. The van der Waals surface area contributed by atoms with Crippen LogP contribution in [0.1, 0.15) is 12.8 Å². The molecule has 0 aliphatic carbocycles. The number of carbonyl (C=O) groups excluding carboxylic acids is 1. The van der Waals surface area contributed by atoms with Crippen LogP contribution in [0, 0.1) is 0 Å². The van der Waals surface area contributed by atoms with E-state index in [0.717, 1.165) is 10.2 Å². The Hall–Kier alpha value is -1.76. The minimum Gasteiger partial charge on any atom is -0.492 e. The average Bonchev–Trinajstić information content (AvgIpc) is 2.41. The van der Waals surface area contributed by atoms with Gasteiger partial charge in [-0.05, 0) is 30.7 Å². The van der Waals surface area contributed by atoms with Crippen LogP contribution in [0.15, 0.2) is 28.7 Å². The third kappa shape index (κ3) is 7.63. The number of ether oxygens (including phenoxy) is 1. The Morgan fingerprint density at radius 2 is 1.80 bits per heavy atom. The monoisotopic (exact) mass is 344 g/mol. The molecule has 0 saturated carbocycles. The molecule has 1 rings (SSSR count). The van der Waals surface area contributed by atoms with E-state index >= 15 is 0 Å². The molecule has 0 spiro atoms. The van der Waals surface area contributed by atoms with Gasteiger partial charge in [-0.1, -0.05) is 15.9 Å². The highest BCUT2D eigenvalue weighted by molar-refractivity contribution is 9.10. The Labute approximate surface area is 125 Å². The van der Waals surface area contributed by atoms with Crippen LogP contribution in [0.4, 0.5) is 4.79 Å². The molecule has 0 aliphatic heterocycles. The first kappa shape index (κ1) is 16.3. The summed E-state index contributed by atoms with van der Waals surface area (Å²) in [5.41, 5.74) is 0. The smallest absolute Gasteiger partial charge is 0.314 e. The molecule has 7 heteroatoms. The van der Waals surface area contributed by atoms with E-state index in [0.29, 0.717) is 26.1 Å². The predicted octanol–water partition coefficient (Wildman–Crippen LogP) is 1.99. The van der Waals surface area contributed by atoms with Crippen molar-refractivity contribution in [2.45, 2.75) is 12.8 Å². The fraction of sp³-hybridized carbons (Fsp3) is 0.385. The molecule has 20 heavy (non-hydrogen) atoms. The first-order chi connectivity index (χ1) is 9.58. The summed E-state index contributed by atoms with van der Waals surface area (Å²) in [6, 6.07) is 7.08. The zero-order valence-corrected chi connectivity index (χ0v) is 12.5. The second-order valence-electron chi connectivity index (χ2n) is 3.98. The van der Waals surface area contributed by atoms with Crippen molar-refractivity contribution in [2.24, 2.45) is 0 Å². The standard InChI is InChI=1S/C13H17BrN2O4/c14-10-3-5-11(6-4-10)20-9-8-16-13(19)15-7-1-2-12(17)18/h3-6H,1-2,7-9H2,(H,17,18)(H2,15,16,19). The molecular formula is C13H17BrN2O4. The lowest BCUT2D eigenvalue weighted by Gasteiger charge is -2.08. The molecule has 0 aliphatic rings. The van der Waals surface area contributed by atoms with Crippen molar-refractivity contribution in [3.8, 4) is 5.75 Å². The van der Waals surface area contributed by atoms with Crippen LogP contribution in [0.2, 0.25) is 0 Å². The van der Waals surface area contributed by atoms with Crippen molar-refractivity contribution < 1.29 is 19.4 Å². The number of carboxylic acids is 1. The Balaban J connectivity index is 2.04. The number of hydrogen-bond donors (Lipinski definition) is 3. The Morgan fingerprint density at radius 1 is 1.15 bits per heavy atom. The zero-order valence-electron chi connectivity index (χ0n) is 10.9. The fourth-order valence-corrected chi connectivity index (χ4v) is 1.63. The number of halogens is 1. The van der Waals surface area contributed by atoms with E-state index in [1.807, 2.05) is 24.3 Å². The molecule has 6 nitrogen and oxygen atoms in total. The van der Waals surface area contributed by atoms with Crippen LogP contribution in [0.25, 0.3) is 0 Å². The fourth-order valence-electron chi connectivity index (χ4n) is 1.37. The predicted molar refractivity (Wildman–Crippen MR) is 77.9 cm³/mol. The number of amides is 2. The number of aliphatic carboxylic acids is 1. The minimum absolute atomic E-state index is 0.0486. The molecule has 0 aromatic heterocycles. The summed E-state index contributed by atoms with van der Waals surface area (Å²) in [6.07, 6.45) is 0.463. The maximum Gasteiger partial charge on any atom is 0.314 e. The van der Waals surface area contributed by atoms with Gasteiger partial charge in [-0.3, -0.25) is 4.79 Å². The second kappa shape index (κ2) is 9.19. The molecular weight excluding hydrogens is 328 g/mol. The summed E-state index contributed by atoms with van der Waals surface area (Å²) < 4.78 is 6.40. The Bertz CT molecular complexity index is 437. The lowest BCUT2D eigenvalue weighted by Crippen LogP contribution is -2.38. The van der Waals surface area contributed by atoms with E-state index in [4.69, 9.17) is 9.84 Å². The molecule has 0 atom stereocenters. The molecule has 0 heterocycles. The quantitative estimate of drug-likeness (QED) is 0.629. The van der Waals surface area contributed by atoms with Gasteiger partial charge in [-0.15, -0.1) is 0 Å². The SMILES string of the molecule is O=C(O)CCCNC(=O)NCCOc1ccc(Br)cc1. The lowest BCUT2D eigenvalue weighted by molar-refractivity contribution is -0.137. The van der Waals surface area contributed by atoms with E-state index in [-0.39, 0.29) is 12.5 Å². The van der Waals surface area contributed by atoms with Crippen LogP contribution in [-0.4, -0.2) is 36.8 Å². The van der Waals surface area contributed by atoms with Gasteiger partial charge in [0.15, 0.2) is 0 Å². The van der Waals surface area contributed by atoms with Crippen molar-refractivity contribution >= 4 is 27.9 Å². The van der Waals surface area contributed by atoms with Crippen molar-refractivity contribution in [3.63, 3.8) is 0 Å². The molecule has 0 unspecified atom stereocenters. The van der Waals surface area contributed by atoms with Crippen molar-refractivity contribution in [1.82, 2.24) is 10.6 Å². The van der Waals surface area contributed by atoms with E-state index in [2.05, 4.69) is 26.6 Å². The Kier molecular flexibility index (Phi) is 7.49. The molecule has 0 radical (unpaired) electrons. The molecule has 1 aromatic carbocycles. The van der Waals surface area contributed by atoms with Gasteiger partial charge in [0.05, 0.1) is 6.54 Å². The molecule has 1 aromatic rings. The summed E-state index contributed by atoms with van der Waals surface area (Å²) in [4.78, 5) is 21.6. The number of hydrogen-bond acceptors (Lipinski definition) is 3. The zero-order chi connectivity index (χ0) is 14.8. The van der Waals surface area contributed by atoms with Gasteiger partial charge in [0.2, 0.25) is 0 Å². The van der Waals surface area contributed by atoms with Gasteiger partial charge in [0, 0.05) is 17.4 Å². The van der Waals surface area contributed by atoms with Gasteiger partial charge in [0.25, 0.3) is 0 Å². The van der Waals surface area contributed by atoms with Crippen LogP contribution in [0.3, 0.4) is 0 Å². The second-order valence-corrected chi connectivity index (χ2v) is 4.90. The summed E-state index contributed by atoms with van der Waals surface area (Å²) >= 11 is 3.33. The Morgan fingerprint density at radius 3 is 2.45 bits per heavy atom. The van der Waals surface area contributed by atoms with Gasteiger partial charge >= 0.3 is 12.0 Å². The highest BCUT2D eigenvalue weighted by Crippen LogP contribution is 2.15. The van der Waals surface area contributed by atoms with E-state index < -0.39 is 5.97 Å². The number of rotatable bonds is 8. The maximum atomic E-state index is 11.3. The van der Waals surface area contributed by atoms with Crippen LogP contribution in [0.5, 0.6) is 5.75 Å². The average molecular weight is 345 g/mol. The number of benzene rings is 1. The van der Waals surface area contributed by atoms with E-state index in [1.54, 1.807) is 0 Å². The lowest BCUT2D eigenvalue weighted by atomic mass is 10.3. The topological polar surface area (TPSA) is 87.7 Å². The molecule has 0 bridgehead atoms. The van der Waals surface area contributed by atoms with Crippen LogP contribution < -0.4 is 15.4 Å². The largest absolute Gasteiger partial charge is 0.492 e. The van der Waals surface area contributed by atoms with Gasteiger partial charge in [-0.25, -0.2) is 4.79 Å². The van der Waals surface area contributed by atoms with Crippen LogP contribution in [-0.2, 0) is 4.79 Å². The molecule has 3 N–H and O–H groups in total. The van der Waals surface area contributed by atoms with Crippen molar-refractivity contribution in [2.75, 3.05) is 19.7 Å². The first-order valence-corrected chi connectivity index (χ1v) is 6.99. The van der Waals surface area contributed by atoms with E-state index in [9.17, 15) is 9.59 Å². The summed E-state index contributed by atoms with van der Waals surface area (Å²) in [6.45, 7) is 1.08. The van der Waals surface area contributed by atoms with Crippen molar-refractivity contribution in [3.05, 3.63) is 28.7 Å². The number of nitrogens with one attached hydrogen (secondary N) is 2. The number of urea groups is 1. The molecule has 0 saturated heterocycles. The van der Waals surface area contributed by atoms with Gasteiger partial charge in [0.1, 0.15) is 12.4 Å². The normalized spacial score (nSPS) is 9.85. The number of carboxylic acid groups (broad SMARTS) is 1. The van der Waals surface area contributed by atoms with Gasteiger partial charge in [-0.2, -0.15) is 0 Å². The first-order valence-electron chi connectivity index (χ1n) is 6.20. The molecule has 0 fully saturated rings. The molecule has 110 valence electrons. The van der Waals surface area contributed by atoms with Crippen molar-refractivity contribution in [1.29, 1.82) is 0 Å². The maximum absolute atomic E-state index is 11.3.